The summed E-state index contributed by atoms with van der Waals surface area (Å²) in [6.07, 6.45) is 0.0904. The first-order valence-corrected chi connectivity index (χ1v) is 9.28. The number of thiophene rings is 2. The van der Waals surface area contributed by atoms with Crippen molar-refractivity contribution in [3.63, 3.8) is 0 Å². The summed E-state index contributed by atoms with van der Waals surface area (Å²) in [5.41, 5.74) is 2.46. The molecule has 0 fully saturated rings. The van der Waals surface area contributed by atoms with E-state index in [2.05, 4.69) is 0 Å². The van der Waals surface area contributed by atoms with Crippen LogP contribution in [0.1, 0.15) is 31.2 Å². The topological polar surface area (TPSA) is 54.4 Å². The molecule has 2 heterocycles. The molecular formula is C18H13ClO3S2. The highest BCUT2D eigenvalue weighted by Gasteiger charge is 2.22. The van der Waals surface area contributed by atoms with Gasteiger partial charge in [0.1, 0.15) is 0 Å². The lowest BCUT2D eigenvalue weighted by molar-refractivity contribution is 0.0697. The Bertz CT molecular complexity index is 907. The Hall–Kier alpha value is -1.95. The maximum Gasteiger partial charge on any atom is 0.337 e. The van der Waals surface area contributed by atoms with Gasteiger partial charge in [-0.3, -0.25) is 4.79 Å². The molecule has 0 aliphatic heterocycles. The Morgan fingerprint density at radius 3 is 2.42 bits per heavy atom. The van der Waals surface area contributed by atoms with Gasteiger partial charge in [0.25, 0.3) is 0 Å². The minimum Gasteiger partial charge on any atom is -0.478 e. The number of halogens is 1. The Morgan fingerprint density at radius 2 is 1.83 bits per heavy atom. The number of benzene rings is 1. The third-order valence-electron chi connectivity index (χ3n) is 3.65. The summed E-state index contributed by atoms with van der Waals surface area (Å²) in [4.78, 5) is 25.5. The van der Waals surface area contributed by atoms with E-state index >= 15 is 0 Å². The fourth-order valence-corrected chi connectivity index (χ4v) is 4.55. The van der Waals surface area contributed by atoms with Gasteiger partial charge in [-0.1, -0.05) is 23.7 Å². The van der Waals surface area contributed by atoms with E-state index in [0.29, 0.717) is 20.3 Å². The highest BCUT2D eigenvalue weighted by molar-refractivity contribution is 7.14. The third-order valence-corrected chi connectivity index (χ3v) is 6.04. The predicted molar refractivity (Wildman–Crippen MR) is 98.8 cm³/mol. The molecule has 24 heavy (non-hydrogen) atoms. The van der Waals surface area contributed by atoms with Crippen LogP contribution in [-0.4, -0.2) is 16.9 Å². The van der Waals surface area contributed by atoms with Crippen LogP contribution in [0.5, 0.6) is 0 Å². The lowest BCUT2D eigenvalue weighted by Gasteiger charge is -2.04. The Labute approximate surface area is 152 Å². The van der Waals surface area contributed by atoms with Gasteiger partial charge in [0.2, 0.25) is 0 Å². The second kappa shape index (κ2) is 6.89. The summed E-state index contributed by atoms with van der Waals surface area (Å²) < 4.78 is 0. The maximum absolute atomic E-state index is 12.5. The number of aromatic carboxylic acids is 1. The van der Waals surface area contributed by atoms with Gasteiger partial charge in [0.05, 0.1) is 10.4 Å². The minimum absolute atomic E-state index is 0.0505. The lowest BCUT2D eigenvalue weighted by atomic mass is 10.0. The zero-order valence-electron chi connectivity index (χ0n) is 12.7. The summed E-state index contributed by atoms with van der Waals surface area (Å²) in [6, 6.07) is 8.91. The van der Waals surface area contributed by atoms with Crippen molar-refractivity contribution in [2.45, 2.75) is 13.3 Å². The van der Waals surface area contributed by atoms with E-state index in [-0.39, 0.29) is 17.8 Å². The van der Waals surface area contributed by atoms with Crippen molar-refractivity contribution in [3.8, 4) is 10.4 Å². The van der Waals surface area contributed by atoms with Crippen LogP contribution < -0.4 is 0 Å². The van der Waals surface area contributed by atoms with Crippen molar-refractivity contribution in [3.05, 3.63) is 67.7 Å². The summed E-state index contributed by atoms with van der Waals surface area (Å²) in [5.74, 6) is -1.07. The van der Waals surface area contributed by atoms with Crippen LogP contribution in [0.15, 0.2) is 41.1 Å². The number of carboxylic acids is 1. The summed E-state index contributed by atoms with van der Waals surface area (Å²) in [6.45, 7) is 1.88. The molecule has 1 aromatic carbocycles. The molecule has 0 radical (unpaired) electrons. The van der Waals surface area contributed by atoms with Gasteiger partial charge in [-0.2, -0.15) is 0 Å². The Kier molecular flexibility index (Phi) is 4.85. The number of rotatable bonds is 5. The maximum atomic E-state index is 12.5. The number of Topliss-reactive ketones (excluding diaryl/α,β-unsaturated/α-hetero) is 1. The highest BCUT2D eigenvalue weighted by atomic mass is 35.5. The number of carboxylic acid groups (broad SMARTS) is 1. The second-order valence-corrected chi connectivity index (χ2v) is 7.54. The standard InChI is InChI=1S/C18H13ClO3S2/c1-10-6-7-23-16(10)14(20)8-12-9-24-17(15(12)18(21)22)11-2-4-13(19)5-3-11/h2-7,9H,8H2,1H3,(H,21,22). The average Bonchev–Trinajstić information content (AvgIpc) is 3.14. The molecule has 2 aromatic heterocycles. The van der Waals surface area contributed by atoms with Crippen molar-refractivity contribution < 1.29 is 14.7 Å². The molecule has 0 saturated heterocycles. The Morgan fingerprint density at radius 1 is 1.12 bits per heavy atom. The molecule has 0 bridgehead atoms. The SMILES string of the molecule is Cc1ccsc1C(=O)Cc1csc(-c2ccc(Cl)cc2)c1C(=O)O. The van der Waals surface area contributed by atoms with Gasteiger partial charge >= 0.3 is 5.97 Å². The molecule has 0 spiro atoms. The van der Waals surface area contributed by atoms with E-state index in [1.54, 1.807) is 29.6 Å². The summed E-state index contributed by atoms with van der Waals surface area (Å²) in [5, 5.41) is 13.8. The fraction of sp³-hybridized carbons (Fsp3) is 0.111. The van der Waals surface area contributed by atoms with Gasteiger partial charge in [-0.05, 0) is 52.6 Å². The van der Waals surface area contributed by atoms with Gasteiger partial charge in [-0.25, -0.2) is 4.79 Å². The number of ketones is 1. The van der Waals surface area contributed by atoms with E-state index in [1.807, 2.05) is 18.4 Å². The van der Waals surface area contributed by atoms with Crippen LogP contribution in [0, 0.1) is 6.92 Å². The number of hydrogen-bond acceptors (Lipinski definition) is 4. The second-order valence-electron chi connectivity index (χ2n) is 5.31. The normalized spacial score (nSPS) is 10.8. The zero-order chi connectivity index (χ0) is 17.3. The first kappa shape index (κ1) is 16.9. The molecule has 1 N–H and O–H groups in total. The highest BCUT2D eigenvalue weighted by Crippen LogP contribution is 2.34. The molecule has 0 aliphatic carbocycles. The van der Waals surface area contributed by atoms with Crippen LogP contribution in [0.3, 0.4) is 0 Å². The average molecular weight is 377 g/mol. The molecule has 3 nitrogen and oxygen atoms in total. The van der Waals surface area contributed by atoms with E-state index in [1.165, 1.54) is 22.7 Å². The first-order chi connectivity index (χ1) is 11.5. The molecule has 0 unspecified atom stereocenters. The van der Waals surface area contributed by atoms with Gasteiger partial charge in [0, 0.05) is 16.3 Å². The zero-order valence-corrected chi connectivity index (χ0v) is 15.1. The quantitative estimate of drug-likeness (QED) is 0.593. The molecule has 0 saturated carbocycles. The van der Waals surface area contributed by atoms with Crippen molar-refractivity contribution in [2.75, 3.05) is 0 Å². The van der Waals surface area contributed by atoms with Crippen LogP contribution in [0.4, 0.5) is 0 Å². The van der Waals surface area contributed by atoms with Gasteiger partial charge in [-0.15, -0.1) is 22.7 Å². The van der Waals surface area contributed by atoms with E-state index < -0.39 is 5.97 Å². The van der Waals surface area contributed by atoms with E-state index in [4.69, 9.17) is 11.6 Å². The van der Waals surface area contributed by atoms with Gasteiger partial charge < -0.3 is 5.11 Å². The fourth-order valence-electron chi connectivity index (χ4n) is 2.48. The lowest BCUT2D eigenvalue weighted by Crippen LogP contribution is -2.07. The number of hydrogen-bond donors (Lipinski definition) is 1. The van der Waals surface area contributed by atoms with Crippen LogP contribution in [0.25, 0.3) is 10.4 Å². The van der Waals surface area contributed by atoms with Crippen molar-refractivity contribution in [1.82, 2.24) is 0 Å². The third kappa shape index (κ3) is 3.29. The van der Waals surface area contributed by atoms with Crippen molar-refractivity contribution in [1.29, 1.82) is 0 Å². The van der Waals surface area contributed by atoms with E-state index in [9.17, 15) is 14.7 Å². The molecule has 0 amide bonds. The number of carbonyl (C=O) groups excluding carboxylic acids is 1. The smallest absolute Gasteiger partial charge is 0.337 e. The predicted octanol–water partition coefficient (Wildman–Crippen LogP) is 5.56. The van der Waals surface area contributed by atoms with Gasteiger partial charge in [0.15, 0.2) is 5.78 Å². The molecule has 3 rings (SSSR count). The van der Waals surface area contributed by atoms with E-state index in [0.717, 1.165) is 11.1 Å². The largest absolute Gasteiger partial charge is 0.478 e. The van der Waals surface area contributed by atoms with Crippen molar-refractivity contribution in [2.24, 2.45) is 0 Å². The molecule has 6 heteroatoms. The molecular weight excluding hydrogens is 364 g/mol. The Balaban J connectivity index is 1.98. The number of aryl methyl sites for hydroxylation is 1. The first-order valence-electron chi connectivity index (χ1n) is 7.14. The summed E-state index contributed by atoms with van der Waals surface area (Å²) in [7, 11) is 0. The van der Waals surface area contributed by atoms with Crippen molar-refractivity contribution >= 4 is 46.0 Å². The van der Waals surface area contributed by atoms with Crippen LogP contribution in [-0.2, 0) is 6.42 Å². The molecule has 0 atom stereocenters. The molecule has 0 aliphatic rings. The summed E-state index contributed by atoms with van der Waals surface area (Å²) >= 11 is 8.61. The monoisotopic (exact) mass is 376 g/mol. The van der Waals surface area contributed by atoms with Crippen LogP contribution in [0.2, 0.25) is 5.02 Å². The molecule has 3 aromatic rings. The molecule has 122 valence electrons. The number of carbonyl (C=O) groups is 2. The minimum atomic E-state index is -1.02. The van der Waals surface area contributed by atoms with Crippen LogP contribution >= 0.6 is 34.3 Å².